The number of hydrogen-bond acceptors (Lipinski definition) is 2. The molecule has 21 heavy (non-hydrogen) atoms. The van der Waals surface area contributed by atoms with Gasteiger partial charge in [-0.3, -0.25) is 0 Å². The number of hydrogen-bond donors (Lipinski definition) is 1. The molecule has 0 saturated heterocycles. The summed E-state index contributed by atoms with van der Waals surface area (Å²) in [4.78, 5) is 0. The van der Waals surface area contributed by atoms with E-state index in [2.05, 4.69) is 17.3 Å². The minimum Gasteiger partial charge on any atom is -0.313 e. The van der Waals surface area contributed by atoms with Gasteiger partial charge in [0.1, 0.15) is 5.69 Å². The molecule has 2 aromatic rings. The molecule has 0 unspecified atom stereocenters. The highest BCUT2D eigenvalue weighted by atomic mass is 19.2. The maximum atomic E-state index is 13.9. The highest BCUT2D eigenvalue weighted by Gasteiger charge is 2.17. The van der Waals surface area contributed by atoms with Crippen molar-refractivity contribution in [2.45, 2.75) is 33.7 Å². The Morgan fingerprint density at radius 2 is 1.76 bits per heavy atom. The fourth-order valence-electron chi connectivity index (χ4n) is 2.23. The van der Waals surface area contributed by atoms with Crippen molar-refractivity contribution in [1.29, 1.82) is 0 Å². The van der Waals surface area contributed by atoms with Gasteiger partial charge in [-0.05, 0) is 26.8 Å². The minimum absolute atomic E-state index is 0.0868. The fraction of sp³-hybridized carbons (Fsp3) is 0.400. The zero-order valence-electron chi connectivity index (χ0n) is 12.3. The molecule has 114 valence electrons. The maximum absolute atomic E-state index is 13.9. The van der Waals surface area contributed by atoms with Gasteiger partial charge in [0.15, 0.2) is 17.5 Å². The molecule has 6 heteroatoms. The summed E-state index contributed by atoms with van der Waals surface area (Å²) < 4.78 is 41.5. The third-order valence-corrected chi connectivity index (χ3v) is 3.39. The van der Waals surface area contributed by atoms with Gasteiger partial charge in [-0.25, -0.2) is 17.9 Å². The molecule has 2 rings (SSSR count). The second-order valence-electron chi connectivity index (χ2n) is 4.96. The minimum atomic E-state index is -1.21. The quantitative estimate of drug-likeness (QED) is 0.677. The lowest BCUT2D eigenvalue weighted by Crippen LogP contribution is -2.15. The first-order valence-corrected chi connectivity index (χ1v) is 6.86. The molecule has 0 atom stereocenters. The zero-order valence-corrected chi connectivity index (χ0v) is 12.3. The summed E-state index contributed by atoms with van der Waals surface area (Å²) in [5.74, 6) is -3.14. The van der Waals surface area contributed by atoms with E-state index in [0.717, 1.165) is 30.3 Å². The van der Waals surface area contributed by atoms with Crippen LogP contribution in [-0.4, -0.2) is 16.3 Å². The van der Waals surface area contributed by atoms with Crippen molar-refractivity contribution >= 4 is 0 Å². The normalized spacial score (nSPS) is 11.1. The van der Waals surface area contributed by atoms with Crippen LogP contribution in [0.25, 0.3) is 5.69 Å². The molecule has 0 aliphatic heterocycles. The Labute approximate surface area is 121 Å². The first-order valence-electron chi connectivity index (χ1n) is 6.86. The second-order valence-corrected chi connectivity index (χ2v) is 4.96. The average Bonchev–Trinajstić information content (AvgIpc) is 2.71. The molecule has 0 bridgehead atoms. The number of aromatic nitrogens is 2. The van der Waals surface area contributed by atoms with Crippen molar-refractivity contribution in [3.63, 3.8) is 0 Å². The molecule has 1 aromatic heterocycles. The first-order chi connectivity index (χ1) is 9.95. The van der Waals surface area contributed by atoms with Crippen LogP contribution in [0.15, 0.2) is 12.1 Å². The van der Waals surface area contributed by atoms with Gasteiger partial charge < -0.3 is 5.32 Å². The molecular formula is C15H18F3N3. The van der Waals surface area contributed by atoms with Gasteiger partial charge in [-0.15, -0.1) is 0 Å². The first kappa shape index (κ1) is 15.6. The third kappa shape index (κ3) is 3.10. The summed E-state index contributed by atoms with van der Waals surface area (Å²) in [6, 6.07) is 1.36. The maximum Gasteiger partial charge on any atom is 0.161 e. The predicted octanol–water partition coefficient (Wildman–Crippen LogP) is 3.41. The molecule has 0 amide bonds. The van der Waals surface area contributed by atoms with Crippen molar-refractivity contribution in [2.24, 2.45) is 0 Å². The summed E-state index contributed by atoms with van der Waals surface area (Å²) in [6.45, 7) is 7.13. The molecule has 0 saturated carbocycles. The van der Waals surface area contributed by atoms with Crippen LogP contribution in [0.1, 0.15) is 30.3 Å². The summed E-state index contributed by atoms with van der Waals surface area (Å²) in [5, 5.41) is 7.49. The summed E-state index contributed by atoms with van der Waals surface area (Å²) >= 11 is 0. The van der Waals surface area contributed by atoms with Crippen molar-refractivity contribution in [1.82, 2.24) is 15.1 Å². The Morgan fingerprint density at radius 1 is 1.10 bits per heavy atom. The van der Waals surface area contributed by atoms with Gasteiger partial charge in [0.25, 0.3) is 0 Å². The van der Waals surface area contributed by atoms with Crippen LogP contribution in [-0.2, 0) is 6.54 Å². The van der Waals surface area contributed by atoms with Gasteiger partial charge in [0.2, 0.25) is 0 Å². The topological polar surface area (TPSA) is 29.9 Å². The summed E-state index contributed by atoms with van der Waals surface area (Å²) in [7, 11) is 0. The van der Waals surface area contributed by atoms with E-state index in [9.17, 15) is 13.2 Å². The molecule has 0 radical (unpaired) electrons. The number of benzene rings is 1. The van der Waals surface area contributed by atoms with Gasteiger partial charge in [-0.1, -0.05) is 6.92 Å². The standard InChI is InChI=1S/C15H18F3N3/c1-4-5-19-8-11-9(2)20-21(10(11)3)15-7-13(17)12(16)6-14(15)18/h6-7,19H,4-5,8H2,1-3H3. The molecular weight excluding hydrogens is 279 g/mol. The van der Waals surface area contributed by atoms with Crippen molar-refractivity contribution in [2.75, 3.05) is 6.54 Å². The van der Waals surface area contributed by atoms with E-state index in [-0.39, 0.29) is 5.69 Å². The Hall–Kier alpha value is -1.82. The van der Waals surface area contributed by atoms with Crippen LogP contribution in [0.2, 0.25) is 0 Å². The SMILES string of the molecule is CCCNCc1c(C)nn(-c2cc(F)c(F)cc2F)c1C. The summed E-state index contributed by atoms with van der Waals surface area (Å²) in [6.07, 6.45) is 1.00. The van der Waals surface area contributed by atoms with E-state index in [0.29, 0.717) is 18.3 Å². The average molecular weight is 297 g/mol. The van der Waals surface area contributed by atoms with Gasteiger partial charge in [0.05, 0.1) is 5.69 Å². The van der Waals surface area contributed by atoms with Crippen molar-refractivity contribution in [3.8, 4) is 5.69 Å². The largest absolute Gasteiger partial charge is 0.313 e. The van der Waals surface area contributed by atoms with Crippen LogP contribution in [0.3, 0.4) is 0 Å². The third-order valence-electron chi connectivity index (χ3n) is 3.39. The van der Waals surface area contributed by atoms with Crippen LogP contribution >= 0.6 is 0 Å². The Morgan fingerprint density at radius 3 is 2.43 bits per heavy atom. The highest BCUT2D eigenvalue weighted by molar-refractivity contribution is 5.39. The van der Waals surface area contributed by atoms with E-state index in [1.165, 1.54) is 4.68 Å². The van der Waals surface area contributed by atoms with E-state index in [1.54, 1.807) is 6.92 Å². The van der Waals surface area contributed by atoms with E-state index >= 15 is 0 Å². The molecule has 0 fully saturated rings. The van der Waals surface area contributed by atoms with Gasteiger partial charge in [0, 0.05) is 29.9 Å². The second kappa shape index (κ2) is 6.30. The lowest BCUT2D eigenvalue weighted by molar-refractivity contribution is 0.491. The number of aryl methyl sites for hydroxylation is 1. The highest BCUT2D eigenvalue weighted by Crippen LogP contribution is 2.22. The van der Waals surface area contributed by atoms with E-state index in [4.69, 9.17) is 0 Å². The van der Waals surface area contributed by atoms with E-state index in [1.807, 2.05) is 6.92 Å². The lowest BCUT2D eigenvalue weighted by Gasteiger charge is -2.08. The number of nitrogens with zero attached hydrogens (tertiary/aromatic N) is 2. The number of nitrogens with one attached hydrogen (secondary N) is 1. The van der Waals surface area contributed by atoms with Crippen LogP contribution < -0.4 is 5.32 Å². The molecule has 1 N–H and O–H groups in total. The van der Waals surface area contributed by atoms with Crippen LogP contribution in [0, 0.1) is 31.3 Å². The Balaban J connectivity index is 2.41. The van der Waals surface area contributed by atoms with Gasteiger partial charge >= 0.3 is 0 Å². The monoisotopic (exact) mass is 297 g/mol. The molecule has 0 aliphatic carbocycles. The molecule has 1 heterocycles. The van der Waals surface area contributed by atoms with E-state index < -0.39 is 17.5 Å². The Bertz CT molecular complexity index is 650. The summed E-state index contributed by atoms with van der Waals surface area (Å²) in [5.41, 5.74) is 2.30. The van der Waals surface area contributed by atoms with Crippen LogP contribution in [0.5, 0.6) is 0 Å². The van der Waals surface area contributed by atoms with Gasteiger partial charge in [-0.2, -0.15) is 5.10 Å². The predicted molar refractivity (Wildman–Crippen MR) is 74.9 cm³/mol. The molecule has 3 nitrogen and oxygen atoms in total. The number of halogens is 3. The fourth-order valence-corrected chi connectivity index (χ4v) is 2.23. The Kier molecular flexibility index (Phi) is 4.67. The van der Waals surface area contributed by atoms with Crippen molar-refractivity contribution in [3.05, 3.63) is 46.5 Å². The lowest BCUT2D eigenvalue weighted by atomic mass is 10.2. The van der Waals surface area contributed by atoms with Crippen molar-refractivity contribution < 1.29 is 13.2 Å². The zero-order chi connectivity index (χ0) is 15.6. The number of rotatable bonds is 5. The van der Waals surface area contributed by atoms with Crippen LogP contribution in [0.4, 0.5) is 13.2 Å². The smallest absolute Gasteiger partial charge is 0.161 e. The molecule has 0 spiro atoms. The molecule has 1 aromatic carbocycles. The molecule has 0 aliphatic rings.